The fourth-order valence-corrected chi connectivity index (χ4v) is 1.01. The van der Waals surface area contributed by atoms with Gasteiger partial charge in [0.25, 0.3) is 0 Å². The maximum absolute atomic E-state index is 10.00. The molecular weight excluding hydrogens is 164 g/mol. The van der Waals surface area contributed by atoms with Crippen molar-refractivity contribution in [2.24, 2.45) is 0 Å². The van der Waals surface area contributed by atoms with Gasteiger partial charge in [0.15, 0.2) is 5.79 Å². The molecule has 0 radical (unpaired) electrons. The van der Waals surface area contributed by atoms with Gasteiger partial charge in [-0.05, 0) is 13.8 Å². The van der Waals surface area contributed by atoms with Gasteiger partial charge >= 0.3 is 6.16 Å². The van der Waals surface area contributed by atoms with Crippen LogP contribution < -0.4 is 0 Å². The van der Waals surface area contributed by atoms with Gasteiger partial charge in [0.2, 0.25) is 0 Å². The lowest BCUT2D eigenvalue weighted by atomic mass is 10.4. The molecule has 0 aromatic carbocycles. The van der Waals surface area contributed by atoms with Crippen LogP contribution in [0.5, 0.6) is 0 Å². The van der Waals surface area contributed by atoms with E-state index < -0.39 is 11.9 Å². The minimum absolute atomic E-state index is 0.0266. The number of hydrogen-bond donors (Lipinski definition) is 1. The highest BCUT2D eigenvalue weighted by atomic mass is 16.8. The monoisotopic (exact) mass is 176 g/mol. The van der Waals surface area contributed by atoms with E-state index in [4.69, 9.17) is 14.6 Å². The van der Waals surface area contributed by atoms with E-state index >= 15 is 0 Å². The second kappa shape index (κ2) is 3.28. The average molecular weight is 176 g/mol. The van der Waals surface area contributed by atoms with E-state index in [1.165, 1.54) is 0 Å². The number of ether oxygens (including phenoxy) is 3. The first-order chi connectivity index (χ1) is 5.49. The van der Waals surface area contributed by atoms with Crippen LogP contribution in [0, 0.1) is 0 Å². The maximum Gasteiger partial charge on any atom is 0.505 e. The second-order valence-electron chi connectivity index (χ2n) is 3.03. The summed E-state index contributed by atoms with van der Waals surface area (Å²) in [6.07, 6.45) is -1.57. The van der Waals surface area contributed by atoms with Crippen molar-refractivity contribution >= 4 is 6.16 Å². The third-order valence-corrected chi connectivity index (χ3v) is 1.46. The standard InChI is InChI=1S/C7H12O5/c1-7(2)11-4-5(12-7)3-10-6(8)9/h5H,3-4H2,1-2H3,(H,8,9). The molecule has 1 N–H and O–H groups in total. The van der Waals surface area contributed by atoms with Gasteiger partial charge in [-0.25, -0.2) is 4.79 Å². The Bertz CT molecular complexity index is 177. The zero-order valence-corrected chi connectivity index (χ0v) is 7.07. The lowest BCUT2D eigenvalue weighted by molar-refractivity contribution is -0.143. The molecule has 1 fully saturated rings. The first kappa shape index (κ1) is 9.28. The van der Waals surface area contributed by atoms with E-state index in [2.05, 4.69) is 4.74 Å². The first-order valence-electron chi connectivity index (χ1n) is 3.67. The summed E-state index contributed by atoms with van der Waals surface area (Å²) in [5.74, 6) is -0.619. The third kappa shape index (κ3) is 2.67. The lowest BCUT2D eigenvalue weighted by Crippen LogP contribution is -2.24. The number of carbonyl (C=O) groups is 1. The summed E-state index contributed by atoms with van der Waals surface area (Å²) in [6, 6.07) is 0. The van der Waals surface area contributed by atoms with Gasteiger partial charge in [-0.2, -0.15) is 0 Å². The van der Waals surface area contributed by atoms with Crippen molar-refractivity contribution in [2.75, 3.05) is 13.2 Å². The number of rotatable bonds is 2. The largest absolute Gasteiger partial charge is 0.505 e. The third-order valence-electron chi connectivity index (χ3n) is 1.46. The molecule has 0 aromatic rings. The van der Waals surface area contributed by atoms with Crippen LogP contribution in [-0.2, 0) is 14.2 Å². The summed E-state index contributed by atoms with van der Waals surface area (Å²) in [6.45, 7) is 3.95. The minimum Gasteiger partial charge on any atom is -0.450 e. The summed E-state index contributed by atoms with van der Waals surface area (Å²) in [5.41, 5.74) is 0. The van der Waals surface area contributed by atoms with Crippen molar-refractivity contribution in [1.82, 2.24) is 0 Å². The molecular formula is C7H12O5. The summed E-state index contributed by atoms with van der Waals surface area (Å²) >= 11 is 0. The number of carboxylic acid groups (broad SMARTS) is 1. The minimum atomic E-state index is -1.29. The Morgan fingerprint density at radius 1 is 1.75 bits per heavy atom. The molecule has 70 valence electrons. The molecule has 1 saturated heterocycles. The normalized spacial score (nSPS) is 27.0. The van der Waals surface area contributed by atoms with E-state index in [1.54, 1.807) is 13.8 Å². The molecule has 1 atom stereocenters. The van der Waals surface area contributed by atoms with E-state index in [-0.39, 0.29) is 12.7 Å². The van der Waals surface area contributed by atoms with Crippen LogP contribution in [0.3, 0.4) is 0 Å². The molecule has 0 amide bonds. The smallest absolute Gasteiger partial charge is 0.450 e. The predicted octanol–water partition coefficient (Wildman–Crippen LogP) is 0.833. The van der Waals surface area contributed by atoms with Gasteiger partial charge in [-0.3, -0.25) is 0 Å². The van der Waals surface area contributed by atoms with Crippen molar-refractivity contribution < 1.29 is 24.1 Å². The van der Waals surface area contributed by atoms with Crippen molar-refractivity contribution in [1.29, 1.82) is 0 Å². The molecule has 0 saturated carbocycles. The van der Waals surface area contributed by atoms with Crippen molar-refractivity contribution in [2.45, 2.75) is 25.7 Å². The van der Waals surface area contributed by atoms with Crippen molar-refractivity contribution in [3.63, 3.8) is 0 Å². The number of hydrogen-bond acceptors (Lipinski definition) is 4. The molecule has 5 nitrogen and oxygen atoms in total. The fourth-order valence-electron chi connectivity index (χ4n) is 1.01. The molecule has 0 spiro atoms. The molecule has 5 heteroatoms. The average Bonchev–Trinajstić information content (AvgIpc) is 2.26. The van der Waals surface area contributed by atoms with Crippen molar-refractivity contribution in [3.05, 3.63) is 0 Å². The molecule has 0 bridgehead atoms. The maximum atomic E-state index is 10.00. The molecule has 1 heterocycles. The Morgan fingerprint density at radius 2 is 2.42 bits per heavy atom. The van der Waals surface area contributed by atoms with Crippen LogP contribution >= 0.6 is 0 Å². The van der Waals surface area contributed by atoms with Crippen LogP contribution in [0.25, 0.3) is 0 Å². The van der Waals surface area contributed by atoms with Gasteiger partial charge in [0.1, 0.15) is 12.7 Å². The SMILES string of the molecule is CC1(C)OCC(COC(=O)O)O1. The van der Waals surface area contributed by atoms with Crippen LogP contribution in [0.1, 0.15) is 13.8 Å². The molecule has 1 aliphatic heterocycles. The summed E-state index contributed by atoms with van der Waals surface area (Å²) in [4.78, 5) is 10.00. The van der Waals surface area contributed by atoms with Gasteiger partial charge in [0.05, 0.1) is 6.61 Å². The predicted molar refractivity (Wildman–Crippen MR) is 38.9 cm³/mol. The highest BCUT2D eigenvalue weighted by Crippen LogP contribution is 2.22. The summed E-state index contributed by atoms with van der Waals surface area (Å²) in [7, 11) is 0. The van der Waals surface area contributed by atoms with Gasteiger partial charge in [0, 0.05) is 0 Å². The first-order valence-corrected chi connectivity index (χ1v) is 3.67. The Balaban J connectivity index is 2.24. The lowest BCUT2D eigenvalue weighted by Gasteiger charge is -2.16. The van der Waals surface area contributed by atoms with Crippen LogP contribution in [0.2, 0.25) is 0 Å². The molecule has 12 heavy (non-hydrogen) atoms. The second-order valence-corrected chi connectivity index (χ2v) is 3.03. The zero-order valence-electron chi connectivity index (χ0n) is 7.07. The van der Waals surface area contributed by atoms with Crippen LogP contribution in [0.15, 0.2) is 0 Å². The molecule has 1 unspecified atom stereocenters. The summed E-state index contributed by atoms with van der Waals surface area (Å²) < 4.78 is 14.8. The van der Waals surface area contributed by atoms with Crippen LogP contribution in [0.4, 0.5) is 4.79 Å². The van der Waals surface area contributed by atoms with E-state index in [1.807, 2.05) is 0 Å². The summed E-state index contributed by atoms with van der Waals surface area (Å²) in [5, 5.41) is 8.19. The Hall–Kier alpha value is -0.810. The Kier molecular flexibility index (Phi) is 2.54. The van der Waals surface area contributed by atoms with Gasteiger partial charge < -0.3 is 19.3 Å². The zero-order chi connectivity index (χ0) is 9.19. The molecule has 1 rings (SSSR count). The van der Waals surface area contributed by atoms with Gasteiger partial charge in [-0.1, -0.05) is 0 Å². The fraction of sp³-hybridized carbons (Fsp3) is 0.857. The quantitative estimate of drug-likeness (QED) is 0.631. The Morgan fingerprint density at radius 3 is 2.83 bits per heavy atom. The molecule has 0 aliphatic carbocycles. The topological polar surface area (TPSA) is 65.0 Å². The van der Waals surface area contributed by atoms with E-state index in [0.29, 0.717) is 6.61 Å². The van der Waals surface area contributed by atoms with Crippen molar-refractivity contribution in [3.8, 4) is 0 Å². The van der Waals surface area contributed by atoms with E-state index in [9.17, 15) is 4.79 Å². The Labute approximate surface area is 70.2 Å². The van der Waals surface area contributed by atoms with E-state index in [0.717, 1.165) is 0 Å². The van der Waals surface area contributed by atoms with Gasteiger partial charge in [-0.15, -0.1) is 0 Å². The highest BCUT2D eigenvalue weighted by molar-refractivity contribution is 5.56. The van der Waals surface area contributed by atoms with Crippen LogP contribution in [-0.4, -0.2) is 36.4 Å². The highest BCUT2D eigenvalue weighted by Gasteiger charge is 2.33. The molecule has 1 aliphatic rings. The molecule has 0 aromatic heterocycles.